The molecule has 0 bridgehead atoms. The van der Waals surface area contributed by atoms with Gasteiger partial charge in [0.05, 0.1) is 19.0 Å². The monoisotopic (exact) mass is 262 g/mol. The molecule has 2 rings (SSSR count). The fourth-order valence-electron chi connectivity index (χ4n) is 1.51. The van der Waals surface area contributed by atoms with Gasteiger partial charge >= 0.3 is 6.03 Å². The average molecular weight is 262 g/mol. The van der Waals surface area contributed by atoms with Crippen molar-refractivity contribution in [3.63, 3.8) is 0 Å². The van der Waals surface area contributed by atoms with Crippen LogP contribution in [-0.4, -0.2) is 28.4 Å². The topological polar surface area (TPSA) is 99.3 Å². The summed E-state index contributed by atoms with van der Waals surface area (Å²) >= 11 is 0. The summed E-state index contributed by atoms with van der Waals surface area (Å²) in [5.74, 6) is 0.434. The van der Waals surface area contributed by atoms with Crippen molar-refractivity contribution in [2.75, 3.05) is 12.4 Å². The SMILES string of the molecule is COc1cc(CNC(=O)Nc2cn[nH]c2)ccc1O. The molecule has 0 radical (unpaired) electrons. The van der Waals surface area contributed by atoms with Gasteiger partial charge in [0.25, 0.3) is 0 Å². The number of H-pyrrole nitrogens is 1. The molecule has 1 heterocycles. The molecule has 19 heavy (non-hydrogen) atoms. The number of urea groups is 1. The highest BCUT2D eigenvalue weighted by Crippen LogP contribution is 2.26. The quantitative estimate of drug-likeness (QED) is 0.670. The lowest BCUT2D eigenvalue weighted by Gasteiger charge is -2.08. The van der Waals surface area contributed by atoms with E-state index < -0.39 is 0 Å². The number of rotatable bonds is 4. The van der Waals surface area contributed by atoms with Gasteiger partial charge in [0.1, 0.15) is 0 Å². The van der Waals surface area contributed by atoms with E-state index in [-0.39, 0.29) is 11.8 Å². The molecule has 0 aliphatic rings. The Morgan fingerprint density at radius 3 is 3.05 bits per heavy atom. The number of carbonyl (C=O) groups is 1. The zero-order valence-corrected chi connectivity index (χ0v) is 10.3. The summed E-state index contributed by atoms with van der Waals surface area (Å²) in [6.45, 7) is 0.320. The van der Waals surface area contributed by atoms with Gasteiger partial charge < -0.3 is 20.5 Å². The third-order valence-electron chi connectivity index (χ3n) is 2.45. The van der Waals surface area contributed by atoms with Crippen molar-refractivity contribution < 1.29 is 14.6 Å². The van der Waals surface area contributed by atoms with Gasteiger partial charge in [-0.05, 0) is 17.7 Å². The molecule has 0 aliphatic heterocycles. The second-order valence-corrected chi connectivity index (χ2v) is 3.80. The van der Waals surface area contributed by atoms with Crippen LogP contribution in [0.3, 0.4) is 0 Å². The summed E-state index contributed by atoms with van der Waals surface area (Å²) in [5, 5.41) is 21.0. The zero-order valence-electron chi connectivity index (χ0n) is 10.3. The number of anilines is 1. The van der Waals surface area contributed by atoms with E-state index in [1.54, 1.807) is 18.3 Å². The first kappa shape index (κ1) is 12.7. The number of nitrogens with one attached hydrogen (secondary N) is 3. The van der Waals surface area contributed by atoms with Crippen LogP contribution >= 0.6 is 0 Å². The summed E-state index contributed by atoms with van der Waals surface area (Å²) in [4.78, 5) is 11.6. The first-order valence-electron chi connectivity index (χ1n) is 5.58. The molecule has 7 heteroatoms. The molecule has 0 unspecified atom stereocenters. The van der Waals surface area contributed by atoms with Crippen LogP contribution < -0.4 is 15.4 Å². The van der Waals surface area contributed by atoms with Gasteiger partial charge in [0.15, 0.2) is 11.5 Å². The number of hydrogen-bond acceptors (Lipinski definition) is 4. The molecular weight excluding hydrogens is 248 g/mol. The molecule has 4 N–H and O–H groups in total. The van der Waals surface area contributed by atoms with Crippen molar-refractivity contribution in [1.82, 2.24) is 15.5 Å². The molecular formula is C12H14N4O3. The maximum atomic E-state index is 11.6. The first-order chi connectivity index (χ1) is 9.19. The van der Waals surface area contributed by atoms with Gasteiger partial charge in [-0.25, -0.2) is 4.79 Å². The Morgan fingerprint density at radius 1 is 1.53 bits per heavy atom. The van der Waals surface area contributed by atoms with Crippen molar-refractivity contribution in [3.05, 3.63) is 36.2 Å². The normalized spacial score (nSPS) is 9.95. The summed E-state index contributed by atoms with van der Waals surface area (Å²) in [6, 6.07) is 4.54. The standard InChI is InChI=1S/C12H14N4O3/c1-19-11-4-8(2-3-10(11)17)5-13-12(18)16-9-6-14-15-7-9/h2-4,6-7,17H,5H2,1H3,(H,14,15)(H2,13,16,18). The predicted octanol–water partition coefficient (Wildman–Crippen LogP) is 1.45. The molecule has 100 valence electrons. The van der Waals surface area contributed by atoms with Gasteiger partial charge in [0, 0.05) is 12.7 Å². The van der Waals surface area contributed by atoms with E-state index >= 15 is 0 Å². The number of ether oxygens (including phenoxy) is 1. The number of amides is 2. The number of methoxy groups -OCH3 is 1. The van der Waals surface area contributed by atoms with E-state index in [1.807, 2.05) is 0 Å². The van der Waals surface area contributed by atoms with Crippen LogP contribution in [0.5, 0.6) is 11.5 Å². The molecule has 2 aromatic rings. The Bertz CT molecular complexity index is 554. The zero-order chi connectivity index (χ0) is 13.7. The summed E-state index contributed by atoms with van der Waals surface area (Å²) in [5.41, 5.74) is 1.40. The third kappa shape index (κ3) is 3.38. The smallest absolute Gasteiger partial charge is 0.319 e. The van der Waals surface area contributed by atoms with E-state index in [0.717, 1.165) is 5.56 Å². The van der Waals surface area contributed by atoms with Crippen LogP contribution in [0.1, 0.15) is 5.56 Å². The maximum absolute atomic E-state index is 11.6. The van der Waals surface area contributed by atoms with E-state index in [1.165, 1.54) is 19.4 Å². The maximum Gasteiger partial charge on any atom is 0.319 e. The van der Waals surface area contributed by atoms with Crippen LogP contribution in [0.2, 0.25) is 0 Å². The average Bonchev–Trinajstić information content (AvgIpc) is 2.90. The van der Waals surface area contributed by atoms with Crippen LogP contribution in [0.15, 0.2) is 30.6 Å². The molecule has 0 atom stereocenters. The predicted molar refractivity (Wildman–Crippen MR) is 69.1 cm³/mol. The molecule has 2 amide bonds. The Kier molecular flexibility index (Phi) is 3.87. The Balaban J connectivity index is 1.89. The number of benzene rings is 1. The highest BCUT2D eigenvalue weighted by molar-refractivity contribution is 5.88. The summed E-state index contributed by atoms with van der Waals surface area (Å²) < 4.78 is 4.99. The van der Waals surface area contributed by atoms with Crippen LogP contribution in [0, 0.1) is 0 Å². The van der Waals surface area contributed by atoms with Crippen LogP contribution in [-0.2, 0) is 6.54 Å². The number of aromatic nitrogens is 2. The Hall–Kier alpha value is -2.70. The highest BCUT2D eigenvalue weighted by Gasteiger charge is 2.05. The second kappa shape index (κ2) is 5.76. The lowest BCUT2D eigenvalue weighted by atomic mass is 10.2. The van der Waals surface area contributed by atoms with Crippen molar-refractivity contribution in [3.8, 4) is 11.5 Å². The van der Waals surface area contributed by atoms with Crippen LogP contribution in [0.4, 0.5) is 10.5 Å². The van der Waals surface area contributed by atoms with E-state index in [9.17, 15) is 9.90 Å². The molecule has 1 aromatic heterocycles. The minimum absolute atomic E-state index is 0.0640. The molecule has 0 saturated heterocycles. The third-order valence-corrected chi connectivity index (χ3v) is 2.45. The van der Waals surface area contributed by atoms with Crippen molar-refractivity contribution in [2.24, 2.45) is 0 Å². The largest absolute Gasteiger partial charge is 0.504 e. The van der Waals surface area contributed by atoms with Gasteiger partial charge in [-0.1, -0.05) is 6.07 Å². The van der Waals surface area contributed by atoms with Crippen LogP contribution in [0.25, 0.3) is 0 Å². The fraction of sp³-hybridized carbons (Fsp3) is 0.167. The molecule has 7 nitrogen and oxygen atoms in total. The van der Waals surface area contributed by atoms with Crippen molar-refractivity contribution in [1.29, 1.82) is 0 Å². The Labute approximate surface area is 109 Å². The molecule has 0 saturated carbocycles. The highest BCUT2D eigenvalue weighted by atomic mass is 16.5. The van der Waals surface area contributed by atoms with Gasteiger partial charge in [-0.15, -0.1) is 0 Å². The van der Waals surface area contributed by atoms with E-state index in [0.29, 0.717) is 18.0 Å². The van der Waals surface area contributed by atoms with Crippen molar-refractivity contribution in [2.45, 2.75) is 6.54 Å². The van der Waals surface area contributed by atoms with Gasteiger partial charge in [-0.2, -0.15) is 5.10 Å². The number of phenolic OH excluding ortho intramolecular Hbond substituents is 1. The van der Waals surface area contributed by atoms with E-state index in [2.05, 4.69) is 20.8 Å². The summed E-state index contributed by atoms with van der Waals surface area (Å²) in [7, 11) is 1.47. The molecule has 0 fully saturated rings. The molecule has 1 aromatic carbocycles. The minimum Gasteiger partial charge on any atom is -0.504 e. The number of nitrogens with zero attached hydrogens (tertiary/aromatic N) is 1. The number of aromatic hydroxyl groups is 1. The van der Waals surface area contributed by atoms with E-state index in [4.69, 9.17) is 4.74 Å². The lowest BCUT2D eigenvalue weighted by molar-refractivity contribution is 0.251. The molecule has 0 aliphatic carbocycles. The second-order valence-electron chi connectivity index (χ2n) is 3.80. The number of aromatic amines is 1. The van der Waals surface area contributed by atoms with Gasteiger partial charge in [-0.3, -0.25) is 5.10 Å². The molecule has 0 spiro atoms. The first-order valence-corrected chi connectivity index (χ1v) is 5.58. The van der Waals surface area contributed by atoms with Crippen molar-refractivity contribution >= 4 is 11.7 Å². The minimum atomic E-state index is -0.339. The fourth-order valence-corrected chi connectivity index (χ4v) is 1.51. The number of phenols is 1. The lowest BCUT2D eigenvalue weighted by Crippen LogP contribution is -2.27. The van der Waals surface area contributed by atoms with Gasteiger partial charge in [0.2, 0.25) is 0 Å². The number of hydrogen-bond donors (Lipinski definition) is 4. The Morgan fingerprint density at radius 2 is 2.37 bits per heavy atom. The summed E-state index contributed by atoms with van der Waals surface area (Å²) in [6.07, 6.45) is 3.08. The number of carbonyl (C=O) groups excluding carboxylic acids is 1.